The van der Waals surface area contributed by atoms with Crippen molar-refractivity contribution in [3.8, 4) is 5.82 Å². The molecule has 5 rings (SSSR count). The third-order valence-electron chi connectivity index (χ3n) is 7.33. The highest BCUT2D eigenvalue weighted by Crippen LogP contribution is 2.41. The first-order valence-corrected chi connectivity index (χ1v) is 15.1. The minimum Gasteiger partial charge on any atom is -0.394 e. The smallest absolute Gasteiger partial charge is 0.273 e. The van der Waals surface area contributed by atoms with Gasteiger partial charge in [-0.2, -0.15) is 5.10 Å². The zero-order chi connectivity index (χ0) is 28.4. The van der Waals surface area contributed by atoms with Crippen molar-refractivity contribution in [3.05, 3.63) is 46.0 Å². The summed E-state index contributed by atoms with van der Waals surface area (Å²) in [4.78, 5) is 20.5. The molecule has 4 heterocycles. The molecule has 1 aliphatic heterocycles. The Morgan fingerprint density at radius 3 is 2.83 bits per heavy atom. The Morgan fingerprint density at radius 1 is 1.40 bits per heavy atom. The van der Waals surface area contributed by atoms with Gasteiger partial charge in [0.1, 0.15) is 35.5 Å². The molecule has 2 unspecified atom stereocenters. The molecule has 216 valence electrons. The van der Waals surface area contributed by atoms with Gasteiger partial charge < -0.3 is 24.6 Å². The summed E-state index contributed by atoms with van der Waals surface area (Å²) in [6, 6.07) is 2.67. The maximum atomic E-state index is 13.6. The van der Waals surface area contributed by atoms with Gasteiger partial charge in [0.2, 0.25) is 0 Å². The quantitative estimate of drug-likeness (QED) is 0.335. The van der Waals surface area contributed by atoms with Gasteiger partial charge in [-0.25, -0.2) is 14.3 Å². The number of carbonyl (C=O) groups excluding carboxylic acids is 1. The van der Waals surface area contributed by atoms with Crippen LogP contribution >= 0.6 is 39.3 Å². The Balaban J connectivity index is 1.44. The molecule has 3 aromatic rings. The molecule has 1 saturated carbocycles. The number of methoxy groups -OCH3 is 1. The van der Waals surface area contributed by atoms with Gasteiger partial charge in [0.15, 0.2) is 11.0 Å². The molecule has 3 aromatic heterocycles. The Morgan fingerprint density at radius 2 is 2.20 bits per heavy atom. The lowest BCUT2D eigenvalue weighted by atomic mass is 9.85. The standard InChI is InChI=1S/C25H31BrClN7O5S/c1-3-32(11-14-5-4-6-14)24(37)20-17(9-15(26)10-28-20)40-25-23(38-2)21(22(36)16(13-35)39-25)34-12-19(29-31-34)33-8-7-18(27)30-33/h7-10,12,14,16,21-23,25,35-36H,3-6,11,13H2,1-2H3/t16?,21-,22-,23?,25+/m0/s1. The number of hydrogen-bond donors (Lipinski definition) is 2. The molecular formula is C25H31BrClN7O5S. The van der Waals surface area contributed by atoms with Crippen LogP contribution in [0.25, 0.3) is 5.82 Å². The van der Waals surface area contributed by atoms with Crippen LogP contribution < -0.4 is 0 Å². The van der Waals surface area contributed by atoms with E-state index in [4.69, 9.17) is 21.1 Å². The van der Waals surface area contributed by atoms with Gasteiger partial charge >= 0.3 is 0 Å². The molecule has 1 saturated heterocycles. The second kappa shape index (κ2) is 12.8. The van der Waals surface area contributed by atoms with Crippen molar-refractivity contribution >= 4 is 45.2 Å². The van der Waals surface area contributed by atoms with Crippen LogP contribution in [-0.2, 0) is 9.47 Å². The second-order valence-electron chi connectivity index (χ2n) is 9.81. The fourth-order valence-electron chi connectivity index (χ4n) is 4.94. The molecule has 0 spiro atoms. The average molecular weight is 657 g/mol. The highest BCUT2D eigenvalue weighted by molar-refractivity contribution is 9.10. The van der Waals surface area contributed by atoms with Gasteiger partial charge in [0, 0.05) is 42.0 Å². The van der Waals surface area contributed by atoms with Gasteiger partial charge in [0.05, 0.1) is 12.8 Å². The number of aromatic nitrogens is 6. The van der Waals surface area contributed by atoms with E-state index in [1.54, 1.807) is 24.7 Å². The van der Waals surface area contributed by atoms with E-state index in [9.17, 15) is 15.0 Å². The molecule has 40 heavy (non-hydrogen) atoms. The molecule has 2 N–H and O–H groups in total. The largest absolute Gasteiger partial charge is 0.394 e. The first-order valence-electron chi connectivity index (χ1n) is 13.0. The van der Waals surface area contributed by atoms with Crippen molar-refractivity contribution in [2.24, 2.45) is 5.92 Å². The summed E-state index contributed by atoms with van der Waals surface area (Å²) in [5.41, 5.74) is -0.415. The van der Waals surface area contributed by atoms with E-state index >= 15 is 0 Å². The van der Waals surface area contributed by atoms with E-state index in [-0.39, 0.29) is 5.91 Å². The van der Waals surface area contributed by atoms with Crippen LogP contribution in [0, 0.1) is 5.92 Å². The zero-order valence-corrected chi connectivity index (χ0v) is 25.2. The maximum absolute atomic E-state index is 13.6. The minimum absolute atomic E-state index is 0.150. The summed E-state index contributed by atoms with van der Waals surface area (Å²) < 4.78 is 15.6. The van der Waals surface area contributed by atoms with Gasteiger partial charge in [-0.05, 0) is 53.7 Å². The SMILES string of the molecule is CCN(CC1CCC1)C(=O)c1ncc(Br)cc1S[C@H]1OC(CO)[C@H](O)[C@H](n2cc(-n3ccc(Cl)n3)nn2)C1OC. The lowest BCUT2D eigenvalue weighted by Crippen LogP contribution is -2.55. The maximum Gasteiger partial charge on any atom is 0.273 e. The number of aliphatic hydroxyl groups is 2. The van der Waals surface area contributed by atoms with E-state index in [2.05, 4.69) is 36.3 Å². The van der Waals surface area contributed by atoms with Crippen molar-refractivity contribution in [3.63, 3.8) is 0 Å². The number of aliphatic hydroxyl groups excluding tert-OH is 2. The normalized spacial score (nSPS) is 25.1. The zero-order valence-electron chi connectivity index (χ0n) is 22.0. The van der Waals surface area contributed by atoms with Crippen molar-refractivity contribution in [2.75, 3.05) is 26.8 Å². The van der Waals surface area contributed by atoms with E-state index < -0.39 is 36.4 Å². The number of amides is 1. The highest BCUT2D eigenvalue weighted by atomic mass is 79.9. The molecule has 12 nitrogen and oxygen atoms in total. The predicted molar refractivity (Wildman–Crippen MR) is 150 cm³/mol. The third-order valence-corrected chi connectivity index (χ3v) is 9.14. The second-order valence-corrected chi connectivity index (χ2v) is 12.2. The van der Waals surface area contributed by atoms with Crippen LogP contribution in [0.4, 0.5) is 0 Å². The first-order chi connectivity index (χ1) is 19.3. The van der Waals surface area contributed by atoms with Crippen LogP contribution in [0.15, 0.2) is 40.1 Å². The summed E-state index contributed by atoms with van der Waals surface area (Å²) in [5, 5.41) is 34.1. The van der Waals surface area contributed by atoms with E-state index in [0.717, 1.165) is 12.8 Å². The highest BCUT2D eigenvalue weighted by Gasteiger charge is 2.48. The van der Waals surface area contributed by atoms with Crippen LogP contribution in [0.2, 0.25) is 5.15 Å². The van der Waals surface area contributed by atoms with Crippen molar-refractivity contribution in [2.45, 2.75) is 60.9 Å². The summed E-state index contributed by atoms with van der Waals surface area (Å²) in [5.74, 6) is 0.761. The van der Waals surface area contributed by atoms with E-state index in [1.165, 1.54) is 34.7 Å². The third kappa shape index (κ3) is 6.08. The van der Waals surface area contributed by atoms with Gasteiger partial charge in [-0.1, -0.05) is 35.0 Å². The number of rotatable bonds is 10. The lowest BCUT2D eigenvalue weighted by Gasteiger charge is -2.43. The minimum atomic E-state index is -1.16. The fraction of sp³-hybridized carbons (Fsp3) is 0.560. The van der Waals surface area contributed by atoms with Gasteiger partial charge in [-0.15, -0.1) is 5.10 Å². The van der Waals surface area contributed by atoms with Crippen molar-refractivity contribution in [1.82, 2.24) is 34.7 Å². The van der Waals surface area contributed by atoms with Crippen LogP contribution in [-0.4, -0.2) is 101 Å². The Labute approximate surface area is 249 Å². The Hall–Kier alpha value is -2.07. The number of nitrogens with zero attached hydrogens (tertiary/aromatic N) is 7. The molecule has 1 amide bonds. The van der Waals surface area contributed by atoms with Crippen molar-refractivity contribution in [1.29, 1.82) is 0 Å². The molecule has 0 aromatic carbocycles. The average Bonchev–Trinajstić information content (AvgIpc) is 3.57. The summed E-state index contributed by atoms with van der Waals surface area (Å²) in [6.07, 6.45) is 5.48. The number of hydrogen-bond acceptors (Lipinski definition) is 10. The molecule has 1 aliphatic carbocycles. The summed E-state index contributed by atoms with van der Waals surface area (Å²) in [7, 11) is 1.51. The fourth-order valence-corrected chi connectivity index (χ4v) is 6.87. The monoisotopic (exact) mass is 655 g/mol. The Kier molecular flexibility index (Phi) is 9.45. The predicted octanol–water partition coefficient (Wildman–Crippen LogP) is 2.96. The molecular weight excluding hydrogens is 626 g/mol. The van der Waals surface area contributed by atoms with Crippen LogP contribution in [0.3, 0.4) is 0 Å². The summed E-state index contributed by atoms with van der Waals surface area (Å²) >= 11 is 10.7. The number of pyridine rings is 1. The Bertz CT molecular complexity index is 1320. The topological polar surface area (TPSA) is 141 Å². The number of ether oxygens (including phenoxy) is 2. The number of thioether (sulfide) groups is 1. The van der Waals surface area contributed by atoms with Crippen molar-refractivity contribution < 1.29 is 24.5 Å². The van der Waals surface area contributed by atoms with Gasteiger partial charge in [-0.3, -0.25) is 4.79 Å². The van der Waals surface area contributed by atoms with E-state index in [0.29, 0.717) is 45.0 Å². The van der Waals surface area contributed by atoms with Crippen LogP contribution in [0.5, 0.6) is 0 Å². The summed E-state index contributed by atoms with van der Waals surface area (Å²) in [6.45, 7) is 2.81. The molecule has 15 heteroatoms. The number of halogens is 2. The number of carbonyl (C=O) groups is 1. The van der Waals surface area contributed by atoms with Crippen LogP contribution in [0.1, 0.15) is 42.7 Å². The lowest BCUT2D eigenvalue weighted by molar-refractivity contribution is -0.186. The molecule has 2 fully saturated rings. The molecule has 0 radical (unpaired) electrons. The first kappa shape index (κ1) is 29.4. The van der Waals surface area contributed by atoms with Gasteiger partial charge in [0.25, 0.3) is 5.91 Å². The molecule has 2 aliphatic rings. The molecule has 0 bridgehead atoms. The molecule has 5 atom stereocenters. The van der Waals surface area contributed by atoms with E-state index in [1.807, 2.05) is 17.9 Å².